The molecule has 1 unspecified atom stereocenters. The Kier molecular flexibility index (Phi) is 4.43. The average Bonchev–Trinajstić information content (AvgIpc) is 2.74. The van der Waals surface area contributed by atoms with Crippen LogP contribution >= 0.6 is 0 Å². The van der Waals surface area contributed by atoms with Gasteiger partial charge < -0.3 is 10.6 Å². The molecule has 1 aliphatic heterocycles. The van der Waals surface area contributed by atoms with E-state index in [1.165, 1.54) is 25.7 Å². The van der Waals surface area contributed by atoms with Gasteiger partial charge in [0.2, 0.25) is 5.91 Å². The van der Waals surface area contributed by atoms with Crippen LogP contribution in [0, 0.1) is 5.92 Å². The average molecular weight is 238 g/mol. The predicted octanol–water partition coefficient (Wildman–Crippen LogP) is 2.29. The Morgan fingerprint density at radius 3 is 2.53 bits per heavy atom. The zero-order chi connectivity index (χ0) is 12.3. The summed E-state index contributed by atoms with van der Waals surface area (Å²) in [5.41, 5.74) is 5.90. The standard InChI is InChI=1S/C14H26N2O/c1-11-3-2-10-16(11)14(17)9-6-12-4-7-13(15)8-5-12/h11-13H,2-10,15H2,1H3. The van der Waals surface area contributed by atoms with Gasteiger partial charge >= 0.3 is 0 Å². The lowest BCUT2D eigenvalue weighted by molar-refractivity contribution is -0.132. The van der Waals surface area contributed by atoms with Crippen molar-refractivity contribution in [2.45, 2.75) is 70.4 Å². The molecule has 2 N–H and O–H groups in total. The molecule has 1 heterocycles. The summed E-state index contributed by atoms with van der Waals surface area (Å²) < 4.78 is 0. The molecule has 0 aromatic rings. The lowest BCUT2D eigenvalue weighted by Gasteiger charge is -2.27. The summed E-state index contributed by atoms with van der Waals surface area (Å²) in [6, 6.07) is 0.892. The van der Waals surface area contributed by atoms with Crippen molar-refractivity contribution >= 4 is 5.91 Å². The zero-order valence-electron chi connectivity index (χ0n) is 11.0. The van der Waals surface area contributed by atoms with Crippen molar-refractivity contribution in [2.24, 2.45) is 11.7 Å². The molecule has 1 aliphatic carbocycles. The van der Waals surface area contributed by atoms with Crippen LogP contribution in [-0.2, 0) is 4.79 Å². The van der Waals surface area contributed by atoms with Gasteiger partial charge in [0.1, 0.15) is 0 Å². The molecule has 1 amide bonds. The maximum Gasteiger partial charge on any atom is 0.222 e. The number of amides is 1. The Morgan fingerprint density at radius 1 is 1.24 bits per heavy atom. The van der Waals surface area contributed by atoms with Gasteiger partial charge in [-0.05, 0) is 57.8 Å². The summed E-state index contributed by atoms with van der Waals surface area (Å²) in [4.78, 5) is 14.1. The van der Waals surface area contributed by atoms with E-state index in [1.807, 2.05) is 0 Å². The fourth-order valence-corrected chi connectivity index (χ4v) is 3.25. The van der Waals surface area contributed by atoms with E-state index < -0.39 is 0 Å². The highest BCUT2D eigenvalue weighted by Gasteiger charge is 2.26. The van der Waals surface area contributed by atoms with Crippen molar-refractivity contribution in [3.63, 3.8) is 0 Å². The van der Waals surface area contributed by atoms with Crippen molar-refractivity contribution in [3.05, 3.63) is 0 Å². The van der Waals surface area contributed by atoms with Gasteiger partial charge in [-0.2, -0.15) is 0 Å². The van der Waals surface area contributed by atoms with Gasteiger partial charge in [-0.3, -0.25) is 4.79 Å². The van der Waals surface area contributed by atoms with E-state index in [1.54, 1.807) is 0 Å². The van der Waals surface area contributed by atoms with Gasteiger partial charge in [0, 0.05) is 25.0 Å². The molecule has 1 saturated carbocycles. The van der Waals surface area contributed by atoms with E-state index in [4.69, 9.17) is 5.73 Å². The van der Waals surface area contributed by atoms with E-state index in [0.717, 1.165) is 38.1 Å². The predicted molar refractivity (Wildman–Crippen MR) is 69.6 cm³/mol. The van der Waals surface area contributed by atoms with E-state index in [9.17, 15) is 4.79 Å². The maximum atomic E-state index is 12.1. The van der Waals surface area contributed by atoms with Gasteiger partial charge in [0.25, 0.3) is 0 Å². The molecular formula is C14H26N2O. The second-order valence-electron chi connectivity index (χ2n) is 5.90. The summed E-state index contributed by atoms with van der Waals surface area (Å²) in [5.74, 6) is 1.13. The van der Waals surface area contributed by atoms with Crippen LogP contribution in [0.5, 0.6) is 0 Å². The molecule has 2 fully saturated rings. The second kappa shape index (κ2) is 5.85. The molecule has 3 nitrogen and oxygen atoms in total. The van der Waals surface area contributed by atoms with Crippen LogP contribution in [0.3, 0.4) is 0 Å². The van der Waals surface area contributed by atoms with E-state index in [2.05, 4.69) is 11.8 Å². The molecule has 0 spiro atoms. The van der Waals surface area contributed by atoms with Crippen molar-refractivity contribution < 1.29 is 4.79 Å². The Balaban J connectivity index is 1.69. The summed E-state index contributed by atoms with van der Waals surface area (Å²) in [5, 5.41) is 0. The van der Waals surface area contributed by atoms with Crippen LogP contribution < -0.4 is 5.73 Å². The molecule has 0 radical (unpaired) electrons. The highest BCUT2D eigenvalue weighted by molar-refractivity contribution is 5.76. The number of carbonyl (C=O) groups is 1. The topological polar surface area (TPSA) is 46.3 Å². The Bertz CT molecular complexity index is 259. The minimum absolute atomic E-state index is 0.380. The normalized spacial score (nSPS) is 34.0. The smallest absolute Gasteiger partial charge is 0.222 e. The zero-order valence-corrected chi connectivity index (χ0v) is 11.0. The first-order chi connectivity index (χ1) is 8.16. The minimum atomic E-state index is 0.380. The molecule has 2 rings (SSSR count). The number of likely N-dealkylation sites (tertiary alicyclic amines) is 1. The Labute approximate surface area is 105 Å². The third-order valence-electron chi connectivity index (χ3n) is 4.53. The van der Waals surface area contributed by atoms with Crippen LogP contribution in [0.25, 0.3) is 0 Å². The molecule has 17 heavy (non-hydrogen) atoms. The SMILES string of the molecule is CC1CCCN1C(=O)CCC1CCC(N)CC1. The number of nitrogens with two attached hydrogens (primary N) is 1. The highest BCUT2D eigenvalue weighted by Crippen LogP contribution is 2.27. The van der Waals surface area contributed by atoms with Crippen LogP contribution in [0.4, 0.5) is 0 Å². The fourth-order valence-electron chi connectivity index (χ4n) is 3.25. The minimum Gasteiger partial charge on any atom is -0.340 e. The molecular weight excluding hydrogens is 212 g/mol. The lowest BCUT2D eigenvalue weighted by Crippen LogP contribution is -2.34. The Hall–Kier alpha value is -0.570. The monoisotopic (exact) mass is 238 g/mol. The van der Waals surface area contributed by atoms with Crippen molar-refractivity contribution in [3.8, 4) is 0 Å². The van der Waals surface area contributed by atoms with E-state index in [0.29, 0.717) is 18.0 Å². The summed E-state index contributed by atoms with van der Waals surface area (Å²) in [7, 11) is 0. The van der Waals surface area contributed by atoms with E-state index in [-0.39, 0.29) is 0 Å². The van der Waals surface area contributed by atoms with Gasteiger partial charge in [0.05, 0.1) is 0 Å². The first kappa shape index (κ1) is 12.9. The summed E-state index contributed by atoms with van der Waals surface area (Å²) >= 11 is 0. The molecule has 0 aromatic heterocycles. The first-order valence-corrected chi connectivity index (χ1v) is 7.22. The van der Waals surface area contributed by atoms with Gasteiger partial charge in [0.15, 0.2) is 0 Å². The van der Waals surface area contributed by atoms with Gasteiger partial charge in [-0.1, -0.05) is 0 Å². The van der Waals surface area contributed by atoms with Crippen molar-refractivity contribution in [1.82, 2.24) is 4.90 Å². The van der Waals surface area contributed by atoms with Crippen molar-refractivity contribution in [1.29, 1.82) is 0 Å². The van der Waals surface area contributed by atoms with E-state index >= 15 is 0 Å². The van der Waals surface area contributed by atoms with Crippen LogP contribution in [0.1, 0.15) is 58.3 Å². The maximum absolute atomic E-state index is 12.1. The number of hydrogen-bond acceptors (Lipinski definition) is 2. The molecule has 0 bridgehead atoms. The number of hydrogen-bond donors (Lipinski definition) is 1. The molecule has 3 heteroatoms. The third-order valence-corrected chi connectivity index (χ3v) is 4.53. The number of rotatable bonds is 3. The van der Waals surface area contributed by atoms with Gasteiger partial charge in [-0.15, -0.1) is 0 Å². The van der Waals surface area contributed by atoms with Crippen LogP contribution in [0.2, 0.25) is 0 Å². The fraction of sp³-hybridized carbons (Fsp3) is 0.929. The molecule has 2 aliphatic rings. The van der Waals surface area contributed by atoms with Crippen LogP contribution in [0.15, 0.2) is 0 Å². The second-order valence-corrected chi connectivity index (χ2v) is 5.90. The molecule has 1 saturated heterocycles. The summed E-state index contributed by atoms with van der Waals surface area (Å²) in [6.45, 7) is 3.15. The largest absolute Gasteiger partial charge is 0.340 e. The quantitative estimate of drug-likeness (QED) is 0.820. The Morgan fingerprint density at radius 2 is 1.94 bits per heavy atom. The molecule has 0 aromatic carbocycles. The summed E-state index contributed by atoms with van der Waals surface area (Å²) in [6.07, 6.45) is 8.96. The molecule has 1 atom stereocenters. The van der Waals surface area contributed by atoms with Gasteiger partial charge in [-0.25, -0.2) is 0 Å². The van der Waals surface area contributed by atoms with Crippen LogP contribution in [-0.4, -0.2) is 29.4 Å². The number of nitrogens with zero attached hydrogens (tertiary/aromatic N) is 1. The lowest BCUT2D eigenvalue weighted by atomic mass is 9.84. The van der Waals surface area contributed by atoms with Crippen molar-refractivity contribution in [2.75, 3.05) is 6.54 Å². The highest BCUT2D eigenvalue weighted by atomic mass is 16.2. The molecule has 98 valence electrons. The first-order valence-electron chi connectivity index (χ1n) is 7.22. The third kappa shape index (κ3) is 3.44. The number of carbonyl (C=O) groups excluding carboxylic acids is 1.